The minimum atomic E-state index is -0.637. The van der Waals surface area contributed by atoms with Crippen LogP contribution in [-0.4, -0.2) is 11.7 Å². The molecule has 0 atom stereocenters. The summed E-state index contributed by atoms with van der Waals surface area (Å²) in [6.45, 7) is 1.57. The van der Waals surface area contributed by atoms with Gasteiger partial charge in [0.2, 0.25) is 5.91 Å². The van der Waals surface area contributed by atoms with Crippen LogP contribution in [0.4, 0.5) is 0 Å². The number of carbonyl (C=O) groups is 2. The minimum Gasteiger partial charge on any atom is -0.402 e. The lowest BCUT2D eigenvalue weighted by Gasteiger charge is -1.89. The maximum Gasteiger partial charge on any atom is 0.225 e. The maximum atomic E-state index is 10.6. The average molecular weight is 142 g/mol. The van der Waals surface area contributed by atoms with Crippen LogP contribution in [0, 0.1) is 0 Å². The Morgan fingerprint density at radius 3 is 2.20 bits per heavy atom. The summed E-state index contributed by atoms with van der Waals surface area (Å²) in [7, 11) is 0. The van der Waals surface area contributed by atoms with Crippen LogP contribution in [-0.2, 0) is 9.59 Å². The molecule has 10 heavy (non-hydrogen) atoms. The van der Waals surface area contributed by atoms with Crippen molar-refractivity contribution in [2.24, 2.45) is 11.5 Å². The van der Waals surface area contributed by atoms with Crippen molar-refractivity contribution in [3.05, 3.63) is 11.8 Å². The number of amides is 1. The third-order valence-electron chi connectivity index (χ3n) is 0.737. The monoisotopic (exact) mass is 142 g/mol. The summed E-state index contributed by atoms with van der Waals surface area (Å²) < 4.78 is 0. The van der Waals surface area contributed by atoms with Gasteiger partial charge >= 0.3 is 0 Å². The zero-order chi connectivity index (χ0) is 8.15. The first-order chi connectivity index (χ1) is 4.52. The molecule has 0 aliphatic rings. The lowest BCUT2D eigenvalue weighted by Crippen LogP contribution is -2.15. The van der Waals surface area contributed by atoms with Gasteiger partial charge in [0.05, 0.1) is 6.42 Å². The lowest BCUT2D eigenvalue weighted by atomic mass is 10.2. The second-order valence-corrected chi connectivity index (χ2v) is 2.00. The molecule has 0 spiro atoms. The summed E-state index contributed by atoms with van der Waals surface area (Å²) >= 11 is 0. The number of hydrogen-bond donors (Lipinski definition) is 2. The molecule has 1 amide bonds. The van der Waals surface area contributed by atoms with Crippen LogP contribution in [0.25, 0.3) is 0 Å². The van der Waals surface area contributed by atoms with Gasteiger partial charge in [0.1, 0.15) is 0 Å². The van der Waals surface area contributed by atoms with Crippen molar-refractivity contribution in [1.82, 2.24) is 0 Å². The molecule has 4 nitrogen and oxygen atoms in total. The standard InChI is InChI=1S/C6H10N2O2/c1-4(7)2-5(9)3-6(8)10/h2H,3,7H2,1H3,(H2,8,10). The van der Waals surface area contributed by atoms with Gasteiger partial charge in [0.25, 0.3) is 0 Å². The largest absolute Gasteiger partial charge is 0.402 e. The first kappa shape index (κ1) is 8.68. The summed E-state index contributed by atoms with van der Waals surface area (Å²) in [6, 6.07) is 0. The molecule has 56 valence electrons. The number of hydrogen-bond acceptors (Lipinski definition) is 3. The van der Waals surface area contributed by atoms with Crippen molar-refractivity contribution in [3.63, 3.8) is 0 Å². The molecule has 4 heteroatoms. The van der Waals surface area contributed by atoms with E-state index in [-0.39, 0.29) is 12.2 Å². The SMILES string of the molecule is CC(N)=CC(=O)CC(N)=O. The molecule has 0 fully saturated rings. The van der Waals surface area contributed by atoms with E-state index in [1.165, 1.54) is 6.08 Å². The molecule has 0 aromatic heterocycles. The van der Waals surface area contributed by atoms with E-state index in [2.05, 4.69) is 0 Å². The molecule has 0 bridgehead atoms. The summed E-state index contributed by atoms with van der Waals surface area (Å²) in [5.41, 5.74) is 10.3. The molecule has 0 saturated heterocycles. The highest BCUT2D eigenvalue weighted by Crippen LogP contribution is 1.86. The van der Waals surface area contributed by atoms with E-state index in [0.717, 1.165) is 0 Å². The molecule has 0 rings (SSSR count). The Kier molecular flexibility index (Phi) is 3.17. The van der Waals surface area contributed by atoms with Gasteiger partial charge in [-0.1, -0.05) is 0 Å². The van der Waals surface area contributed by atoms with Gasteiger partial charge in [-0.05, 0) is 6.92 Å². The number of primary amides is 1. The van der Waals surface area contributed by atoms with Crippen molar-refractivity contribution in [2.75, 3.05) is 0 Å². The normalized spacial score (nSPS) is 11.1. The molecule has 0 aromatic rings. The summed E-state index contributed by atoms with van der Waals surface area (Å²) in [4.78, 5) is 20.7. The predicted octanol–water partition coefficient (Wildman–Crippen LogP) is -0.707. The highest BCUT2D eigenvalue weighted by molar-refractivity contribution is 6.03. The molecule has 0 aromatic carbocycles. The number of allylic oxidation sites excluding steroid dienone is 2. The quantitative estimate of drug-likeness (QED) is 0.403. The number of ketones is 1. The molecule has 0 aliphatic heterocycles. The van der Waals surface area contributed by atoms with E-state index >= 15 is 0 Å². The van der Waals surface area contributed by atoms with Gasteiger partial charge in [-0.2, -0.15) is 0 Å². The average Bonchev–Trinajstić information content (AvgIpc) is 1.58. The van der Waals surface area contributed by atoms with Gasteiger partial charge < -0.3 is 11.5 Å². The van der Waals surface area contributed by atoms with E-state index in [9.17, 15) is 9.59 Å². The smallest absolute Gasteiger partial charge is 0.225 e. The fraction of sp³-hybridized carbons (Fsp3) is 0.333. The summed E-state index contributed by atoms with van der Waals surface area (Å²) in [5, 5.41) is 0. The second-order valence-electron chi connectivity index (χ2n) is 2.00. The van der Waals surface area contributed by atoms with E-state index in [4.69, 9.17) is 11.5 Å². The van der Waals surface area contributed by atoms with Crippen LogP contribution in [0.2, 0.25) is 0 Å². The molecule has 0 aliphatic carbocycles. The topological polar surface area (TPSA) is 86.2 Å². The Morgan fingerprint density at radius 1 is 1.40 bits per heavy atom. The van der Waals surface area contributed by atoms with Crippen molar-refractivity contribution >= 4 is 11.7 Å². The highest BCUT2D eigenvalue weighted by atomic mass is 16.2. The molecule has 0 saturated carbocycles. The van der Waals surface area contributed by atoms with E-state index in [1.807, 2.05) is 0 Å². The number of carbonyl (C=O) groups excluding carboxylic acids is 2. The van der Waals surface area contributed by atoms with Gasteiger partial charge in [-0.25, -0.2) is 0 Å². The molecule has 0 unspecified atom stereocenters. The van der Waals surface area contributed by atoms with Crippen molar-refractivity contribution < 1.29 is 9.59 Å². The fourth-order valence-electron chi connectivity index (χ4n) is 0.477. The van der Waals surface area contributed by atoms with Crippen LogP contribution in [0.15, 0.2) is 11.8 Å². The number of nitrogens with two attached hydrogens (primary N) is 2. The van der Waals surface area contributed by atoms with Crippen LogP contribution in [0.1, 0.15) is 13.3 Å². The third-order valence-corrected chi connectivity index (χ3v) is 0.737. The maximum absolute atomic E-state index is 10.6. The van der Waals surface area contributed by atoms with Gasteiger partial charge in [0, 0.05) is 11.8 Å². The van der Waals surface area contributed by atoms with Crippen molar-refractivity contribution in [1.29, 1.82) is 0 Å². The molecule has 0 radical (unpaired) electrons. The van der Waals surface area contributed by atoms with Gasteiger partial charge in [-0.3, -0.25) is 9.59 Å². The summed E-state index contributed by atoms with van der Waals surface area (Å²) in [6.07, 6.45) is 0.916. The molecule has 0 heterocycles. The van der Waals surface area contributed by atoms with Crippen LogP contribution < -0.4 is 11.5 Å². The lowest BCUT2D eigenvalue weighted by molar-refractivity contribution is -0.124. The Hall–Kier alpha value is -1.32. The molecular weight excluding hydrogens is 132 g/mol. The highest BCUT2D eigenvalue weighted by Gasteiger charge is 2.01. The Bertz CT molecular complexity index is 180. The van der Waals surface area contributed by atoms with Crippen molar-refractivity contribution in [3.8, 4) is 0 Å². The zero-order valence-electron chi connectivity index (χ0n) is 5.76. The molecular formula is C6H10N2O2. The van der Waals surface area contributed by atoms with E-state index in [1.54, 1.807) is 6.92 Å². The predicted molar refractivity (Wildman–Crippen MR) is 36.8 cm³/mol. The Morgan fingerprint density at radius 2 is 1.90 bits per heavy atom. The second kappa shape index (κ2) is 3.66. The third kappa shape index (κ3) is 4.83. The van der Waals surface area contributed by atoms with Gasteiger partial charge in [-0.15, -0.1) is 0 Å². The van der Waals surface area contributed by atoms with Crippen molar-refractivity contribution in [2.45, 2.75) is 13.3 Å². The van der Waals surface area contributed by atoms with Crippen LogP contribution >= 0.6 is 0 Å². The summed E-state index contributed by atoms with van der Waals surface area (Å²) in [5.74, 6) is -0.991. The Labute approximate surface area is 58.9 Å². The van der Waals surface area contributed by atoms with Crippen LogP contribution in [0.3, 0.4) is 0 Å². The first-order valence-corrected chi connectivity index (χ1v) is 2.77. The van der Waals surface area contributed by atoms with Crippen LogP contribution in [0.5, 0.6) is 0 Å². The minimum absolute atomic E-state index is 0.269. The van der Waals surface area contributed by atoms with Gasteiger partial charge in [0.15, 0.2) is 5.78 Å². The fourth-order valence-corrected chi connectivity index (χ4v) is 0.477. The van der Waals surface area contributed by atoms with E-state index in [0.29, 0.717) is 5.70 Å². The number of rotatable bonds is 3. The Balaban J connectivity index is 3.88. The van der Waals surface area contributed by atoms with E-state index < -0.39 is 5.91 Å². The zero-order valence-corrected chi connectivity index (χ0v) is 5.76. The first-order valence-electron chi connectivity index (χ1n) is 2.77. The molecule has 4 N–H and O–H groups in total.